The Hall–Kier alpha value is -0.460. The Labute approximate surface area is 225 Å². The number of rotatable bonds is 18. The molecule has 0 aromatic rings. The number of hydrogen-bond acceptors (Lipinski definition) is 8. The van der Waals surface area contributed by atoms with Crippen LogP contribution in [0.15, 0.2) is 0 Å². The number of amides is 3. The van der Waals surface area contributed by atoms with Crippen LogP contribution in [0, 0.1) is 0 Å². The number of methoxy groups -OCH3 is 1. The number of ether oxygens (including phenoxy) is 2. The zero-order valence-electron chi connectivity index (χ0n) is 22.3. The molecule has 2 saturated heterocycles. The first-order valence-corrected chi connectivity index (χ1v) is 16.5. The van der Waals surface area contributed by atoms with Crippen molar-refractivity contribution in [3.05, 3.63) is 0 Å². The average molecular weight is 569 g/mol. The Balaban J connectivity index is 1.62. The van der Waals surface area contributed by atoms with E-state index in [4.69, 9.17) is 30.3 Å². The van der Waals surface area contributed by atoms with Crippen molar-refractivity contribution >= 4 is 42.1 Å². The molecule has 2 fully saturated rings. The summed E-state index contributed by atoms with van der Waals surface area (Å²) in [6.45, 7) is 7.74. The van der Waals surface area contributed by atoms with E-state index < -0.39 is 12.2 Å². The number of nitrogens with one attached hydrogen (secondary N) is 4. The number of fused-ring (bicyclic) bond motifs is 1. The summed E-state index contributed by atoms with van der Waals surface area (Å²) in [7, 11) is 1.68. The maximum absolute atomic E-state index is 12.3. The third kappa shape index (κ3) is 11.9. The summed E-state index contributed by atoms with van der Waals surface area (Å²) >= 11 is 7.57. The van der Waals surface area contributed by atoms with Gasteiger partial charge < -0.3 is 34.5 Å². The Bertz CT molecular complexity index is 742. The van der Waals surface area contributed by atoms with Crippen molar-refractivity contribution in [3.8, 4) is 0 Å². The lowest BCUT2D eigenvalue weighted by atomic mass is 10.0. The van der Waals surface area contributed by atoms with E-state index in [0.29, 0.717) is 57.4 Å². The standard InChI is InChI=1S/C23H45N4O6PS2/c1-6-31-14-15-32-34(35,33-23(2,3)4)25-13-11-17(30-5)10-12-24-20(28)9-7-8-19-21-18(16-36-19)26-22(29)27-21/h17-19,21H,6-16H2,1-5H3,(H,24,28)(H,25,35)(H2,26,27,29). The molecule has 4 N–H and O–H groups in total. The molecular formula is C23H45N4O6PS2. The second-order valence-corrected chi connectivity index (χ2v) is 14.4. The topological polar surface area (TPSA) is 119 Å². The molecule has 2 aliphatic rings. The van der Waals surface area contributed by atoms with E-state index >= 15 is 0 Å². The van der Waals surface area contributed by atoms with Crippen molar-refractivity contribution in [2.75, 3.05) is 45.8 Å². The average Bonchev–Trinajstić information content (AvgIpc) is 3.34. The van der Waals surface area contributed by atoms with Gasteiger partial charge in [0.05, 0.1) is 37.0 Å². The van der Waals surface area contributed by atoms with Gasteiger partial charge in [-0.2, -0.15) is 11.8 Å². The van der Waals surface area contributed by atoms with Crippen LogP contribution in [0.1, 0.15) is 59.8 Å². The Morgan fingerprint density at radius 1 is 1.25 bits per heavy atom. The van der Waals surface area contributed by atoms with Gasteiger partial charge in [-0.25, -0.2) is 9.88 Å². The number of urea groups is 1. The van der Waals surface area contributed by atoms with Gasteiger partial charge in [0.2, 0.25) is 5.91 Å². The van der Waals surface area contributed by atoms with E-state index in [1.165, 1.54) is 0 Å². The second-order valence-electron chi connectivity index (χ2n) is 9.94. The lowest BCUT2D eigenvalue weighted by Gasteiger charge is -2.31. The number of hydrogen-bond donors (Lipinski definition) is 4. The van der Waals surface area contributed by atoms with Gasteiger partial charge in [-0.15, -0.1) is 0 Å². The fraction of sp³-hybridized carbons (Fsp3) is 0.913. The molecule has 0 aromatic heterocycles. The van der Waals surface area contributed by atoms with Gasteiger partial charge >= 0.3 is 6.03 Å². The summed E-state index contributed by atoms with van der Waals surface area (Å²) in [5.74, 6) is 0.983. The first-order chi connectivity index (χ1) is 17.0. The maximum Gasteiger partial charge on any atom is 0.315 e. The van der Waals surface area contributed by atoms with Crippen molar-refractivity contribution in [1.82, 2.24) is 21.0 Å². The Morgan fingerprint density at radius 3 is 2.69 bits per heavy atom. The summed E-state index contributed by atoms with van der Waals surface area (Å²) in [6.07, 6.45) is 3.61. The molecule has 5 unspecified atom stereocenters. The molecule has 0 spiro atoms. The highest BCUT2D eigenvalue weighted by molar-refractivity contribution is 8.09. The zero-order chi connectivity index (χ0) is 26.6. The van der Waals surface area contributed by atoms with Crippen LogP contribution in [0.4, 0.5) is 4.79 Å². The van der Waals surface area contributed by atoms with Gasteiger partial charge in [0.15, 0.2) is 0 Å². The molecule has 10 nitrogen and oxygen atoms in total. The predicted octanol–water partition coefficient (Wildman–Crippen LogP) is 2.92. The molecule has 13 heteroatoms. The number of carbonyl (C=O) groups is 2. The van der Waals surface area contributed by atoms with Crippen LogP contribution in [0.25, 0.3) is 0 Å². The van der Waals surface area contributed by atoms with Crippen LogP contribution in [0.2, 0.25) is 0 Å². The van der Waals surface area contributed by atoms with Crippen LogP contribution in [0.3, 0.4) is 0 Å². The third-order valence-electron chi connectivity index (χ3n) is 5.81. The van der Waals surface area contributed by atoms with Gasteiger partial charge in [-0.1, -0.05) is 0 Å². The van der Waals surface area contributed by atoms with Crippen molar-refractivity contribution < 1.29 is 28.1 Å². The number of carbonyl (C=O) groups excluding carboxylic acids is 2. The molecule has 5 atom stereocenters. The van der Waals surface area contributed by atoms with E-state index in [0.717, 1.165) is 18.6 Å². The van der Waals surface area contributed by atoms with Crippen LogP contribution in [-0.4, -0.2) is 86.7 Å². The van der Waals surface area contributed by atoms with Crippen molar-refractivity contribution in [3.63, 3.8) is 0 Å². The highest BCUT2D eigenvalue weighted by Gasteiger charge is 2.42. The molecule has 0 saturated carbocycles. The lowest BCUT2D eigenvalue weighted by Crippen LogP contribution is -2.37. The minimum absolute atomic E-state index is 0.0235. The summed E-state index contributed by atoms with van der Waals surface area (Å²) in [5, 5.41) is 12.6. The number of thioether (sulfide) groups is 1. The smallest absolute Gasteiger partial charge is 0.315 e. The van der Waals surface area contributed by atoms with Crippen LogP contribution in [-0.2, 0) is 35.1 Å². The molecule has 3 amide bonds. The fourth-order valence-electron chi connectivity index (χ4n) is 4.14. The van der Waals surface area contributed by atoms with E-state index in [9.17, 15) is 9.59 Å². The predicted molar refractivity (Wildman–Crippen MR) is 148 cm³/mol. The molecule has 2 aliphatic heterocycles. The molecule has 36 heavy (non-hydrogen) atoms. The van der Waals surface area contributed by atoms with E-state index in [-0.39, 0.29) is 30.1 Å². The van der Waals surface area contributed by atoms with Crippen LogP contribution >= 0.6 is 18.4 Å². The molecule has 0 radical (unpaired) electrons. The monoisotopic (exact) mass is 568 g/mol. The van der Waals surface area contributed by atoms with Crippen molar-refractivity contribution in [2.24, 2.45) is 0 Å². The van der Waals surface area contributed by atoms with Crippen molar-refractivity contribution in [2.45, 2.75) is 88.8 Å². The maximum atomic E-state index is 12.3. The Kier molecular flexibility index (Phi) is 14.0. The summed E-state index contributed by atoms with van der Waals surface area (Å²) < 4.78 is 22.9. The van der Waals surface area contributed by atoms with Crippen LogP contribution in [0.5, 0.6) is 0 Å². The lowest BCUT2D eigenvalue weighted by molar-refractivity contribution is -0.121. The summed E-state index contributed by atoms with van der Waals surface area (Å²) in [4.78, 5) is 23.8. The third-order valence-corrected chi connectivity index (χ3v) is 10.2. The van der Waals surface area contributed by atoms with E-state index in [1.54, 1.807) is 7.11 Å². The highest BCUT2D eigenvalue weighted by atomic mass is 32.5. The Morgan fingerprint density at radius 2 is 2.00 bits per heavy atom. The minimum atomic E-state index is -2.67. The molecule has 2 heterocycles. The van der Waals surface area contributed by atoms with Gasteiger partial charge in [-0.3, -0.25) is 4.79 Å². The molecule has 0 aromatic carbocycles. The van der Waals surface area contributed by atoms with Crippen LogP contribution < -0.4 is 21.0 Å². The van der Waals surface area contributed by atoms with Gasteiger partial charge in [0.25, 0.3) is 6.64 Å². The van der Waals surface area contributed by atoms with E-state index in [1.807, 2.05) is 39.5 Å². The van der Waals surface area contributed by atoms with Gasteiger partial charge in [-0.05, 0) is 65.2 Å². The second kappa shape index (κ2) is 15.8. The van der Waals surface area contributed by atoms with Gasteiger partial charge in [0, 0.05) is 44.2 Å². The molecule has 0 aliphatic carbocycles. The fourth-order valence-corrected chi connectivity index (χ4v) is 8.50. The van der Waals surface area contributed by atoms with Gasteiger partial charge in [0.1, 0.15) is 0 Å². The highest BCUT2D eigenvalue weighted by Crippen LogP contribution is 2.47. The molecule has 210 valence electrons. The minimum Gasteiger partial charge on any atom is -0.381 e. The quantitative estimate of drug-likeness (QED) is 0.112. The summed E-state index contributed by atoms with van der Waals surface area (Å²) in [6, 6.07) is 0.324. The molecular weight excluding hydrogens is 523 g/mol. The SMILES string of the molecule is CCOCCOP(=S)(NCCC(CCNC(=O)CCCC1SCC2NC(=O)NC21)OC)OC(C)(C)C. The normalized spacial score (nSPS) is 24.0. The largest absolute Gasteiger partial charge is 0.381 e. The zero-order valence-corrected chi connectivity index (χ0v) is 24.8. The first-order valence-electron chi connectivity index (χ1n) is 12.8. The first kappa shape index (κ1) is 31.8. The molecule has 0 bridgehead atoms. The molecule has 2 rings (SSSR count). The van der Waals surface area contributed by atoms with Crippen molar-refractivity contribution in [1.29, 1.82) is 0 Å². The van der Waals surface area contributed by atoms with E-state index in [2.05, 4.69) is 21.0 Å². The summed E-state index contributed by atoms with van der Waals surface area (Å²) in [5.41, 5.74) is -0.431.